The quantitative estimate of drug-likeness (QED) is 0.425. The van der Waals surface area contributed by atoms with Gasteiger partial charge in [0, 0.05) is 12.5 Å². The molecule has 2 aliphatic heterocycles. The highest BCUT2D eigenvalue weighted by Gasteiger charge is 2.86. The van der Waals surface area contributed by atoms with Crippen molar-refractivity contribution in [1.82, 2.24) is 4.90 Å². The number of fused-ring (bicyclic) bond motifs is 2. The molecular formula is C14H14F9NO5S. The van der Waals surface area contributed by atoms with Gasteiger partial charge in [-0.2, -0.15) is 47.9 Å². The van der Waals surface area contributed by atoms with Crippen LogP contribution in [0.5, 0.6) is 0 Å². The van der Waals surface area contributed by atoms with Gasteiger partial charge in [0.15, 0.2) is 0 Å². The first kappa shape index (κ1) is 24.4. The molecular weight excluding hydrogens is 465 g/mol. The number of carbonyl (C=O) groups excluding carboxylic acids is 1. The Labute approximate surface area is 163 Å². The monoisotopic (exact) mass is 479 g/mol. The van der Waals surface area contributed by atoms with Crippen molar-refractivity contribution >= 4 is 16.2 Å². The Morgan fingerprint density at radius 2 is 1.63 bits per heavy atom. The van der Waals surface area contributed by atoms with Gasteiger partial charge in [-0.1, -0.05) is 0 Å². The number of carbonyl (C=O) groups is 1. The van der Waals surface area contributed by atoms with Crippen LogP contribution >= 0.6 is 0 Å². The second-order valence-corrected chi connectivity index (χ2v) is 8.03. The third kappa shape index (κ3) is 3.66. The second kappa shape index (κ2) is 7.37. The number of hydrogen-bond donors (Lipinski definition) is 0. The molecule has 174 valence electrons. The van der Waals surface area contributed by atoms with E-state index in [0.717, 1.165) is 11.0 Å². The van der Waals surface area contributed by atoms with Crippen LogP contribution in [0.25, 0.3) is 0 Å². The number of hydrogen-bond acceptors (Lipinski definition) is 5. The van der Waals surface area contributed by atoms with Gasteiger partial charge >= 0.3 is 39.5 Å². The van der Waals surface area contributed by atoms with Crippen molar-refractivity contribution in [3.8, 4) is 0 Å². The molecule has 1 amide bonds. The Hall–Kier alpha value is -1.87. The number of alkyl halides is 9. The molecule has 0 spiro atoms. The van der Waals surface area contributed by atoms with Crippen LogP contribution in [0.3, 0.4) is 0 Å². The Morgan fingerprint density at radius 3 is 2.10 bits per heavy atom. The first-order valence-corrected chi connectivity index (χ1v) is 9.61. The van der Waals surface area contributed by atoms with E-state index in [2.05, 4.69) is 4.18 Å². The Balaban J connectivity index is 2.31. The normalized spacial score (nSPS) is 23.3. The standard InChI is InChI=1S/C14H14F9NO5S/c1-2-28-10(25)24-7-3-4-8(24)6-9(5-7)29-30(26,27)14(22,23)12(17,18)11(15,16)13(19,20)21/h5,7-8H,2-4,6H2,1H3/t7-,8+/m1/s1. The molecule has 1 saturated heterocycles. The maximum atomic E-state index is 13.7. The molecule has 2 rings (SSSR count). The van der Waals surface area contributed by atoms with Crippen molar-refractivity contribution in [2.75, 3.05) is 6.61 Å². The van der Waals surface area contributed by atoms with Gasteiger partial charge in [0.05, 0.1) is 12.6 Å². The number of rotatable bonds is 6. The fraction of sp³-hybridized carbons (Fsp3) is 0.786. The predicted octanol–water partition coefficient (Wildman–Crippen LogP) is 4.04. The van der Waals surface area contributed by atoms with Gasteiger partial charge in [0.25, 0.3) is 0 Å². The van der Waals surface area contributed by atoms with Gasteiger partial charge in [-0.15, -0.1) is 0 Å². The zero-order valence-corrected chi connectivity index (χ0v) is 15.7. The van der Waals surface area contributed by atoms with Crippen LogP contribution in [0.2, 0.25) is 0 Å². The number of nitrogens with zero attached hydrogens (tertiary/aromatic N) is 1. The Morgan fingerprint density at radius 1 is 1.07 bits per heavy atom. The summed E-state index contributed by atoms with van der Waals surface area (Å²) < 4.78 is 148. The average molecular weight is 479 g/mol. The maximum absolute atomic E-state index is 13.7. The molecule has 16 heteroatoms. The van der Waals surface area contributed by atoms with E-state index < -0.39 is 63.8 Å². The summed E-state index contributed by atoms with van der Waals surface area (Å²) >= 11 is 0. The van der Waals surface area contributed by atoms with Crippen molar-refractivity contribution in [3.05, 3.63) is 11.8 Å². The summed E-state index contributed by atoms with van der Waals surface area (Å²) in [7, 11) is -6.99. The average Bonchev–Trinajstić information content (AvgIpc) is 2.84. The predicted molar refractivity (Wildman–Crippen MR) is 79.3 cm³/mol. The summed E-state index contributed by atoms with van der Waals surface area (Å²) in [6.45, 7) is 1.46. The van der Waals surface area contributed by atoms with E-state index in [1.165, 1.54) is 6.92 Å². The minimum Gasteiger partial charge on any atom is -0.450 e. The van der Waals surface area contributed by atoms with Gasteiger partial charge in [0.1, 0.15) is 5.76 Å². The molecule has 0 aromatic rings. The van der Waals surface area contributed by atoms with Crippen LogP contribution in [0.4, 0.5) is 44.3 Å². The first-order chi connectivity index (χ1) is 13.4. The lowest BCUT2D eigenvalue weighted by Gasteiger charge is -2.34. The van der Waals surface area contributed by atoms with Gasteiger partial charge in [-0.3, -0.25) is 4.90 Å². The van der Waals surface area contributed by atoms with Crippen LogP contribution in [-0.4, -0.2) is 61.4 Å². The van der Waals surface area contributed by atoms with E-state index in [1.54, 1.807) is 0 Å². The van der Waals surface area contributed by atoms with E-state index in [0.29, 0.717) is 0 Å². The zero-order chi connectivity index (χ0) is 23.3. The van der Waals surface area contributed by atoms with Crippen molar-refractivity contribution in [3.63, 3.8) is 0 Å². The van der Waals surface area contributed by atoms with Crippen LogP contribution in [0.15, 0.2) is 11.8 Å². The molecule has 0 aliphatic carbocycles. The van der Waals surface area contributed by atoms with Gasteiger partial charge in [0.2, 0.25) is 0 Å². The largest absolute Gasteiger partial charge is 0.460 e. The minimum absolute atomic E-state index is 0.0229. The molecule has 6 nitrogen and oxygen atoms in total. The highest BCUT2D eigenvalue weighted by molar-refractivity contribution is 7.88. The van der Waals surface area contributed by atoms with Crippen molar-refractivity contribution in [1.29, 1.82) is 0 Å². The Kier molecular flexibility index (Phi) is 6.00. The molecule has 0 N–H and O–H groups in total. The molecule has 2 aliphatic rings. The smallest absolute Gasteiger partial charge is 0.450 e. The lowest BCUT2D eigenvalue weighted by Crippen LogP contribution is -2.63. The number of ether oxygens (including phenoxy) is 1. The number of halogens is 9. The van der Waals surface area contributed by atoms with E-state index in [4.69, 9.17) is 4.74 Å². The fourth-order valence-electron chi connectivity index (χ4n) is 3.05. The minimum atomic E-state index is -7.37. The third-order valence-electron chi connectivity index (χ3n) is 4.49. The van der Waals surface area contributed by atoms with Crippen LogP contribution < -0.4 is 0 Å². The highest BCUT2D eigenvalue weighted by atomic mass is 32.2. The maximum Gasteiger partial charge on any atom is 0.460 e. The van der Waals surface area contributed by atoms with Gasteiger partial charge in [-0.05, 0) is 25.8 Å². The van der Waals surface area contributed by atoms with E-state index in [9.17, 15) is 52.7 Å². The molecule has 0 aromatic carbocycles. The van der Waals surface area contributed by atoms with E-state index in [-0.39, 0.29) is 19.4 Å². The molecule has 2 heterocycles. The molecule has 1 fully saturated rings. The summed E-state index contributed by atoms with van der Waals surface area (Å²) in [4.78, 5) is 13.0. The lowest BCUT2D eigenvalue weighted by molar-refractivity contribution is -0.382. The molecule has 0 aromatic heterocycles. The van der Waals surface area contributed by atoms with E-state index in [1.807, 2.05) is 0 Å². The molecule has 2 atom stereocenters. The van der Waals surface area contributed by atoms with Crippen molar-refractivity contribution in [2.45, 2.75) is 61.5 Å². The van der Waals surface area contributed by atoms with Gasteiger partial charge in [-0.25, -0.2) is 4.79 Å². The third-order valence-corrected chi connectivity index (χ3v) is 5.80. The summed E-state index contributed by atoms with van der Waals surface area (Å²) in [5.74, 6) is -15.6. The summed E-state index contributed by atoms with van der Waals surface area (Å²) in [6, 6.07) is -1.77. The molecule has 0 unspecified atom stereocenters. The SMILES string of the molecule is CCOC(=O)N1[C@H]2CC[C@@H]1C=C(OS(=O)(=O)C(F)(F)C(F)(F)C(F)(F)C(F)(F)F)C2. The van der Waals surface area contributed by atoms with Gasteiger partial charge < -0.3 is 8.92 Å². The second-order valence-electron chi connectivity index (χ2n) is 6.44. The van der Waals surface area contributed by atoms with Crippen LogP contribution in [0.1, 0.15) is 26.2 Å². The molecule has 30 heavy (non-hydrogen) atoms. The van der Waals surface area contributed by atoms with Crippen molar-refractivity contribution in [2.24, 2.45) is 0 Å². The van der Waals surface area contributed by atoms with Crippen LogP contribution in [-0.2, 0) is 19.0 Å². The topological polar surface area (TPSA) is 72.9 Å². The summed E-state index contributed by atoms with van der Waals surface area (Å²) in [6.07, 6.45) is -7.38. The Bertz CT molecular complexity index is 824. The zero-order valence-electron chi connectivity index (χ0n) is 14.9. The fourth-order valence-corrected chi connectivity index (χ4v) is 4.00. The summed E-state index contributed by atoms with van der Waals surface area (Å²) in [5, 5.41) is -6.93. The lowest BCUT2D eigenvalue weighted by atomic mass is 10.1. The molecule has 0 saturated carbocycles. The highest BCUT2D eigenvalue weighted by Crippen LogP contribution is 2.55. The molecule has 2 bridgehead atoms. The first-order valence-electron chi connectivity index (χ1n) is 8.20. The summed E-state index contributed by atoms with van der Waals surface area (Å²) in [5.41, 5.74) is 0. The molecule has 0 radical (unpaired) electrons. The van der Waals surface area contributed by atoms with Crippen LogP contribution in [0, 0.1) is 0 Å². The van der Waals surface area contributed by atoms with E-state index >= 15 is 0 Å². The number of amides is 1. The van der Waals surface area contributed by atoms with Crippen molar-refractivity contribution < 1.29 is 61.6 Å².